The van der Waals surface area contributed by atoms with Crippen LogP contribution in [-0.2, 0) is 19.1 Å². The molecule has 1 aliphatic heterocycles. The molecule has 0 saturated carbocycles. The van der Waals surface area contributed by atoms with Crippen LogP contribution in [0.4, 0.5) is 0 Å². The highest BCUT2D eigenvalue weighted by Gasteiger charge is 2.42. The van der Waals surface area contributed by atoms with Gasteiger partial charge in [-0.15, -0.1) is 0 Å². The number of phenols is 1. The predicted molar refractivity (Wildman–Crippen MR) is 95.4 cm³/mol. The second-order valence-corrected chi connectivity index (χ2v) is 7.13. The molecule has 0 fully saturated rings. The molecule has 0 bridgehead atoms. The summed E-state index contributed by atoms with van der Waals surface area (Å²) in [5, 5.41) is 13.1. The summed E-state index contributed by atoms with van der Waals surface area (Å²) >= 11 is 0. The van der Waals surface area contributed by atoms with Gasteiger partial charge in [0.2, 0.25) is 5.88 Å². The number of ketones is 1. The van der Waals surface area contributed by atoms with Crippen molar-refractivity contribution >= 4 is 17.7 Å². The summed E-state index contributed by atoms with van der Waals surface area (Å²) in [5.74, 6) is -3.23. The first-order valence-electron chi connectivity index (χ1n) is 8.24. The molecule has 0 spiro atoms. The second kappa shape index (κ2) is 7.30. The van der Waals surface area contributed by atoms with Crippen LogP contribution in [0.3, 0.4) is 0 Å². The average Bonchev–Trinajstić information content (AvgIpc) is 2.57. The Balaban J connectivity index is 2.78. The van der Waals surface area contributed by atoms with Crippen LogP contribution in [0.5, 0.6) is 11.5 Å². The van der Waals surface area contributed by atoms with Gasteiger partial charge in [0.1, 0.15) is 23.0 Å². The normalized spacial score (nSPS) is 16.1. The van der Waals surface area contributed by atoms with Gasteiger partial charge in [-0.05, 0) is 33.8 Å². The van der Waals surface area contributed by atoms with Crippen molar-refractivity contribution in [3.8, 4) is 11.5 Å². The van der Waals surface area contributed by atoms with E-state index >= 15 is 0 Å². The number of phenolic OH excluding ortho intramolecular Hbond substituents is 1. The summed E-state index contributed by atoms with van der Waals surface area (Å²) in [6, 6.07) is 2.56. The summed E-state index contributed by atoms with van der Waals surface area (Å²) < 4.78 is 15.5. The second-order valence-electron chi connectivity index (χ2n) is 7.13. The van der Waals surface area contributed by atoms with Crippen molar-refractivity contribution in [3.05, 3.63) is 34.7 Å². The molecule has 27 heavy (non-hydrogen) atoms. The lowest BCUT2D eigenvalue weighted by Gasteiger charge is -2.32. The number of rotatable bonds is 4. The molecule has 1 aliphatic rings. The first-order valence-corrected chi connectivity index (χ1v) is 8.24. The van der Waals surface area contributed by atoms with Crippen LogP contribution in [0.15, 0.2) is 23.6 Å². The smallest absolute Gasteiger partial charge is 0.340 e. The van der Waals surface area contributed by atoms with E-state index in [-0.39, 0.29) is 34.1 Å². The quantitative estimate of drug-likeness (QED) is 0.606. The molecule has 0 aliphatic carbocycles. The van der Waals surface area contributed by atoms with E-state index in [2.05, 4.69) is 5.32 Å². The fraction of sp³-hybridized carbons (Fsp3) is 0.421. The highest BCUT2D eigenvalue weighted by Crippen LogP contribution is 2.43. The predicted octanol–water partition coefficient (Wildman–Crippen LogP) is 2.02. The molecule has 8 heteroatoms. The van der Waals surface area contributed by atoms with Gasteiger partial charge in [-0.3, -0.25) is 9.59 Å². The molecule has 0 saturated heterocycles. The van der Waals surface area contributed by atoms with E-state index in [1.165, 1.54) is 33.3 Å². The lowest BCUT2D eigenvalue weighted by molar-refractivity contribution is -0.145. The Labute approximate surface area is 157 Å². The number of carbonyl (C=O) groups is 3. The van der Waals surface area contributed by atoms with E-state index in [1.54, 1.807) is 0 Å². The topological polar surface area (TPSA) is 111 Å². The van der Waals surface area contributed by atoms with Crippen LogP contribution >= 0.6 is 0 Å². The van der Waals surface area contributed by atoms with Crippen LogP contribution < -0.4 is 10.1 Å². The average molecular weight is 377 g/mol. The van der Waals surface area contributed by atoms with Crippen LogP contribution in [0.25, 0.3) is 0 Å². The van der Waals surface area contributed by atoms with Gasteiger partial charge < -0.3 is 24.6 Å². The van der Waals surface area contributed by atoms with E-state index in [0.717, 1.165) is 0 Å². The number of hydrogen-bond donors (Lipinski definition) is 2. The molecule has 1 heterocycles. The minimum atomic E-state index is -1.19. The maximum Gasteiger partial charge on any atom is 0.340 e. The lowest BCUT2D eigenvalue weighted by atomic mass is 9.86. The number of Topliss-reactive ketones (excluding diaryl/α,β-unsaturated/α-hetero) is 1. The number of nitrogens with one attached hydrogen (secondary N) is 1. The third-order valence-corrected chi connectivity index (χ3v) is 3.89. The Morgan fingerprint density at radius 2 is 1.78 bits per heavy atom. The third-order valence-electron chi connectivity index (χ3n) is 3.89. The zero-order valence-electron chi connectivity index (χ0n) is 16.1. The highest BCUT2D eigenvalue weighted by molar-refractivity contribution is 6.02. The number of benzene rings is 1. The molecule has 0 amide bonds. The van der Waals surface area contributed by atoms with Crippen LogP contribution in [0, 0.1) is 0 Å². The van der Waals surface area contributed by atoms with Gasteiger partial charge in [-0.2, -0.15) is 0 Å². The van der Waals surface area contributed by atoms with Gasteiger partial charge in [0.25, 0.3) is 0 Å². The van der Waals surface area contributed by atoms with Gasteiger partial charge in [0, 0.05) is 17.2 Å². The Morgan fingerprint density at radius 1 is 1.15 bits per heavy atom. The molecule has 146 valence electrons. The molecule has 0 radical (unpaired) electrons. The summed E-state index contributed by atoms with van der Waals surface area (Å²) in [5.41, 5.74) is -0.354. The van der Waals surface area contributed by atoms with Gasteiger partial charge in [0.05, 0.1) is 19.8 Å². The fourth-order valence-corrected chi connectivity index (χ4v) is 2.75. The van der Waals surface area contributed by atoms with E-state index in [0.29, 0.717) is 0 Å². The number of esters is 2. The van der Waals surface area contributed by atoms with E-state index in [1.807, 2.05) is 20.8 Å². The molecule has 1 unspecified atom stereocenters. The van der Waals surface area contributed by atoms with Crippen molar-refractivity contribution in [2.45, 2.75) is 39.2 Å². The molecule has 1 atom stereocenters. The number of methoxy groups -OCH3 is 2. The maximum atomic E-state index is 12.5. The Hall–Kier alpha value is -3.03. The van der Waals surface area contributed by atoms with Gasteiger partial charge in [-0.25, -0.2) is 4.79 Å². The molecule has 0 aromatic heterocycles. The monoisotopic (exact) mass is 377 g/mol. The van der Waals surface area contributed by atoms with Crippen molar-refractivity contribution in [2.75, 3.05) is 14.2 Å². The Kier molecular flexibility index (Phi) is 5.48. The SMILES string of the molecule is COC(=O)C1=C(NC(C)(C)C)Oc2cc(O)c(C(C)=O)cc2C1C(=O)OC. The molecule has 2 N–H and O–H groups in total. The number of carbonyl (C=O) groups excluding carboxylic acids is 3. The molecule has 2 rings (SSSR count). The number of aromatic hydroxyl groups is 1. The lowest BCUT2D eigenvalue weighted by Crippen LogP contribution is -2.41. The number of hydrogen-bond acceptors (Lipinski definition) is 8. The summed E-state index contributed by atoms with van der Waals surface area (Å²) in [6.07, 6.45) is 0. The summed E-state index contributed by atoms with van der Waals surface area (Å²) in [6.45, 7) is 6.81. The molecular weight excluding hydrogens is 354 g/mol. The van der Waals surface area contributed by atoms with Crippen LogP contribution in [-0.4, -0.2) is 42.6 Å². The van der Waals surface area contributed by atoms with Crippen molar-refractivity contribution in [1.29, 1.82) is 0 Å². The first-order chi connectivity index (χ1) is 12.5. The molecule has 1 aromatic carbocycles. The minimum Gasteiger partial charge on any atom is -0.507 e. The van der Waals surface area contributed by atoms with Gasteiger partial charge in [0.15, 0.2) is 5.78 Å². The zero-order valence-corrected chi connectivity index (χ0v) is 16.1. The van der Waals surface area contributed by atoms with E-state index in [9.17, 15) is 19.5 Å². The molecular formula is C19H23NO7. The summed E-state index contributed by atoms with van der Waals surface area (Å²) in [7, 11) is 2.38. The molecule has 8 nitrogen and oxygen atoms in total. The van der Waals surface area contributed by atoms with Crippen molar-refractivity contribution in [1.82, 2.24) is 5.32 Å². The van der Waals surface area contributed by atoms with E-state index in [4.69, 9.17) is 14.2 Å². The van der Waals surface area contributed by atoms with Crippen LogP contribution in [0.1, 0.15) is 49.5 Å². The fourth-order valence-electron chi connectivity index (χ4n) is 2.75. The van der Waals surface area contributed by atoms with E-state index < -0.39 is 29.2 Å². The standard InChI is InChI=1S/C19H23NO7/c1-9(21)10-7-11-13(8-12(10)22)27-16(20-19(2,3)4)15(18(24)26-6)14(11)17(23)25-5/h7-8,14,20,22H,1-6H3. The van der Waals surface area contributed by atoms with Crippen molar-refractivity contribution < 1.29 is 33.7 Å². The Bertz CT molecular complexity index is 833. The molecule has 1 aromatic rings. The zero-order chi connectivity index (χ0) is 20.5. The summed E-state index contributed by atoms with van der Waals surface area (Å²) in [4.78, 5) is 36.8. The minimum absolute atomic E-state index is 0.00250. The van der Waals surface area contributed by atoms with Crippen molar-refractivity contribution in [2.24, 2.45) is 0 Å². The van der Waals surface area contributed by atoms with Gasteiger partial charge in [-0.1, -0.05) is 0 Å². The highest BCUT2D eigenvalue weighted by atomic mass is 16.5. The first kappa shape index (κ1) is 20.3. The van der Waals surface area contributed by atoms with Crippen molar-refractivity contribution in [3.63, 3.8) is 0 Å². The van der Waals surface area contributed by atoms with Gasteiger partial charge >= 0.3 is 11.9 Å². The van der Waals surface area contributed by atoms with Crippen LogP contribution in [0.2, 0.25) is 0 Å². The number of ether oxygens (including phenoxy) is 3. The Morgan fingerprint density at radius 3 is 2.26 bits per heavy atom. The number of fused-ring (bicyclic) bond motifs is 1. The third kappa shape index (κ3) is 4.05. The maximum absolute atomic E-state index is 12.5. The largest absolute Gasteiger partial charge is 0.507 e.